The van der Waals surface area contributed by atoms with Gasteiger partial charge in [0.05, 0.1) is 12.2 Å². The van der Waals surface area contributed by atoms with Crippen LogP contribution in [0.3, 0.4) is 0 Å². The van der Waals surface area contributed by atoms with E-state index in [1.54, 1.807) is 7.11 Å². The number of nitrogens with two attached hydrogens (primary N) is 1. The quantitative estimate of drug-likeness (QED) is 0.542. The van der Waals surface area contributed by atoms with Crippen molar-refractivity contribution in [2.45, 2.75) is 37.9 Å². The minimum Gasteiger partial charge on any atom is -0.377 e. The van der Waals surface area contributed by atoms with Gasteiger partial charge in [-0.15, -0.1) is 0 Å². The second-order valence-electron chi connectivity index (χ2n) is 2.90. The normalized spacial score (nSPS) is 45.8. The van der Waals surface area contributed by atoms with Gasteiger partial charge in [-0.1, -0.05) is 0 Å². The molecule has 66 valence electrons. The average molecular weight is 161 g/mol. The summed E-state index contributed by atoms with van der Waals surface area (Å²) in [6.07, 6.45) is -0.508. The zero-order valence-electron chi connectivity index (χ0n) is 6.86. The van der Waals surface area contributed by atoms with Crippen LogP contribution in [0, 0.1) is 0 Å². The highest BCUT2D eigenvalue weighted by atomic mass is 16.6. The van der Waals surface area contributed by atoms with Gasteiger partial charge in [0.2, 0.25) is 0 Å². The SMILES string of the molecule is CO[C@@H]1[C@H](N)C[C@@H](O)O[C@H]1C. The maximum Gasteiger partial charge on any atom is 0.156 e. The van der Waals surface area contributed by atoms with Crippen LogP contribution in [0.2, 0.25) is 0 Å². The molecule has 0 amide bonds. The molecule has 4 heteroatoms. The van der Waals surface area contributed by atoms with Gasteiger partial charge in [0.25, 0.3) is 0 Å². The molecule has 0 radical (unpaired) electrons. The number of rotatable bonds is 1. The summed E-state index contributed by atoms with van der Waals surface area (Å²) in [6, 6.07) is -0.126. The first-order valence-electron chi connectivity index (χ1n) is 3.77. The topological polar surface area (TPSA) is 64.7 Å². The number of aliphatic hydroxyl groups excluding tert-OH is 1. The van der Waals surface area contributed by atoms with Crippen molar-refractivity contribution in [2.24, 2.45) is 5.73 Å². The highest BCUT2D eigenvalue weighted by molar-refractivity contribution is 4.83. The largest absolute Gasteiger partial charge is 0.377 e. The second-order valence-corrected chi connectivity index (χ2v) is 2.90. The van der Waals surface area contributed by atoms with Crippen molar-refractivity contribution in [1.82, 2.24) is 0 Å². The standard InChI is InChI=1S/C7H15NO3/c1-4-7(10-2)5(8)3-6(9)11-4/h4-7,9H,3,8H2,1-2H3/t4-,5+,6-,7-/m0/s1. The van der Waals surface area contributed by atoms with Crippen LogP contribution in [0.4, 0.5) is 0 Å². The van der Waals surface area contributed by atoms with E-state index in [-0.39, 0.29) is 18.2 Å². The fraction of sp³-hybridized carbons (Fsp3) is 1.00. The van der Waals surface area contributed by atoms with Gasteiger partial charge in [-0.05, 0) is 6.92 Å². The van der Waals surface area contributed by atoms with Gasteiger partial charge in [-0.3, -0.25) is 0 Å². The van der Waals surface area contributed by atoms with Gasteiger partial charge < -0.3 is 20.3 Å². The van der Waals surface area contributed by atoms with Crippen molar-refractivity contribution in [3.63, 3.8) is 0 Å². The zero-order valence-corrected chi connectivity index (χ0v) is 6.86. The van der Waals surface area contributed by atoms with Crippen molar-refractivity contribution in [2.75, 3.05) is 7.11 Å². The maximum atomic E-state index is 9.11. The third-order valence-electron chi connectivity index (χ3n) is 2.00. The lowest BCUT2D eigenvalue weighted by molar-refractivity contribution is -0.204. The van der Waals surface area contributed by atoms with E-state index in [0.717, 1.165) is 0 Å². The molecule has 1 rings (SSSR count). The molecule has 0 aliphatic carbocycles. The van der Waals surface area contributed by atoms with Crippen molar-refractivity contribution in [3.8, 4) is 0 Å². The van der Waals surface area contributed by atoms with Crippen LogP contribution >= 0.6 is 0 Å². The van der Waals surface area contributed by atoms with Gasteiger partial charge in [0.15, 0.2) is 6.29 Å². The van der Waals surface area contributed by atoms with Gasteiger partial charge in [0, 0.05) is 19.6 Å². The molecular formula is C7H15NO3. The third-order valence-corrected chi connectivity index (χ3v) is 2.00. The van der Waals surface area contributed by atoms with Crippen LogP contribution < -0.4 is 5.73 Å². The highest BCUT2D eigenvalue weighted by Crippen LogP contribution is 2.18. The number of hydrogen-bond acceptors (Lipinski definition) is 4. The molecule has 4 atom stereocenters. The first-order valence-corrected chi connectivity index (χ1v) is 3.77. The van der Waals surface area contributed by atoms with Crippen LogP contribution in [-0.4, -0.2) is 36.8 Å². The van der Waals surface area contributed by atoms with E-state index in [1.807, 2.05) is 6.92 Å². The molecule has 1 fully saturated rings. The number of methoxy groups -OCH3 is 1. The van der Waals surface area contributed by atoms with Gasteiger partial charge >= 0.3 is 0 Å². The molecule has 11 heavy (non-hydrogen) atoms. The fourth-order valence-electron chi connectivity index (χ4n) is 1.46. The van der Waals surface area contributed by atoms with Gasteiger partial charge in [0.1, 0.15) is 0 Å². The molecule has 1 saturated heterocycles. The molecule has 1 aliphatic rings. The summed E-state index contributed by atoms with van der Waals surface area (Å²) in [5.74, 6) is 0. The molecule has 0 bridgehead atoms. The van der Waals surface area contributed by atoms with Crippen LogP contribution in [0.25, 0.3) is 0 Å². The molecule has 0 aromatic heterocycles. The van der Waals surface area contributed by atoms with E-state index in [2.05, 4.69) is 0 Å². The van der Waals surface area contributed by atoms with E-state index in [9.17, 15) is 0 Å². The van der Waals surface area contributed by atoms with Crippen molar-refractivity contribution in [1.29, 1.82) is 0 Å². The van der Waals surface area contributed by atoms with E-state index < -0.39 is 6.29 Å². The maximum absolute atomic E-state index is 9.11. The Kier molecular flexibility index (Phi) is 2.84. The van der Waals surface area contributed by atoms with Crippen molar-refractivity contribution < 1.29 is 14.6 Å². The lowest BCUT2D eigenvalue weighted by Crippen LogP contribution is -2.51. The van der Waals surface area contributed by atoms with Crippen molar-refractivity contribution >= 4 is 0 Å². The van der Waals surface area contributed by atoms with E-state index in [4.69, 9.17) is 20.3 Å². The van der Waals surface area contributed by atoms with E-state index in [1.165, 1.54) is 0 Å². The first-order chi connectivity index (χ1) is 5.15. The average Bonchev–Trinajstić information content (AvgIpc) is 1.85. The summed E-state index contributed by atoms with van der Waals surface area (Å²) in [4.78, 5) is 0. The summed E-state index contributed by atoms with van der Waals surface area (Å²) in [5, 5.41) is 9.11. The minimum absolute atomic E-state index is 0.0987. The Bertz CT molecular complexity index is 119. The number of aliphatic hydroxyl groups is 1. The Morgan fingerprint density at radius 1 is 1.64 bits per heavy atom. The highest BCUT2D eigenvalue weighted by Gasteiger charge is 2.33. The van der Waals surface area contributed by atoms with Crippen LogP contribution in [-0.2, 0) is 9.47 Å². The molecule has 4 nitrogen and oxygen atoms in total. The van der Waals surface area contributed by atoms with Crippen molar-refractivity contribution in [3.05, 3.63) is 0 Å². The molecule has 0 aromatic rings. The Morgan fingerprint density at radius 3 is 2.73 bits per heavy atom. The lowest BCUT2D eigenvalue weighted by Gasteiger charge is -2.35. The molecule has 1 heterocycles. The predicted octanol–water partition coefficient (Wildman–Crippen LogP) is -0.544. The van der Waals surface area contributed by atoms with E-state index >= 15 is 0 Å². The zero-order chi connectivity index (χ0) is 8.43. The number of hydrogen-bond donors (Lipinski definition) is 2. The summed E-state index contributed by atoms with van der Waals surface area (Å²) >= 11 is 0. The Balaban J connectivity index is 2.52. The Hall–Kier alpha value is -0.160. The lowest BCUT2D eigenvalue weighted by atomic mass is 10.0. The molecule has 3 N–H and O–H groups in total. The summed E-state index contributed by atoms with van der Waals surface area (Å²) in [5.41, 5.74) is 5.71. The number of ether oxygens (including phenoxy) is 2. The molecular weight excluding hydrogens is 146 g/mol. The fourth-order valence-corrected chi connectivity index (χ4v) is 1.46. The van der Waals surface area contributed by atoms with Gasteiger partial charge in [-0.25, -0.2) is 0 Å². The van der Waals surface area contributed by atoms with Gasteiger partial charge in [-0.2, -0.15) is 0 Å². The molecule has 0 spiro atoms. The minimum atomic E-state index is -0.730. The molecule has 0 aromatic carbocycles. The summed E-state index contributed by atoms with van der Waals surface area (Å²) in [6.45, 7) is 1.84. The van der Waals surface area contributed by atoms with E-state index in [0.29, 0.717) is 6.42 Å². The monoisotopic (exact) mass is 161 g/mol. The van der Waals surface area contributed by atoms with Crippen LogP contribution in [0.15, 0.2) is 0 Å². The summed E-state index contributed by atoms with van der Waals surface area (Å²) < 4.78 is 10.2. The van der Waals surface area contributed by atoms with Crippen LogP contribution in [0.5, 0.6) is 0 Å². The first kappa shape index (κ1) is 8.93. The molecule has 0 saturated carbocycles. The smallest absolute Gasteiger partial charge is 0.156 e. The Labute approximate surface area is 66.3 Å². The second kappa shape index (κ2) is 3.49. The molecule has 0 unspecified atom stereocenters. The summed E-state index contributed by atoms with van der Waals surface area (Å²) in [7, 11) is 1.60. The third kappa shape index (κ3) is 1.90. The van der Waals surface area contributed by atoms with Crippen LogP contribution in [0.1, 0.15) is 13.3 Å². The predicted molar refractivity (Wildman–Crippen MR) is 39.9 cm³/mol. The Morgan fingerprint density at radius 2 is 2.27 bits per heavy atom. The molecule has 1 aliphatic heterocycles.